The number of sulfonamides is 1. The molecule has 1 aromatic heterocycles. The van der Waals surface area contributed by atoms with Crippen molar-refractivity contribution in [3.63, 3.8) is 0 Å². The third-order valence-electron chi connectivity index (χ3n) is 4.64. The van der Waals surface area contributed by atoms with Crippen LogP contribution in [0.3, 0.4) is 0 Å². The summed E-state index contributed by atoms with van der Waals surface area (Å²) in [6.45, 7) is 0.288. The maximum atomic E-state index is 12.7. The van der Waals surface area contributed by atoms with Crippen molar-refractivity contribution in [1.82, 2.24) is 9.71 Å². The van der Waals surface area contributed by atoms with Crippen LogP contribution in [-0.4, -0.2) is 25.5 Å². The quantitative estimate of drug-likeness (QED) is 0.811. The number of benzene rings is 1. The van der Waals surface area contributed by atoms with Crippen molar-refractivity contribution in [2.24, 2.45) is 5.73 Å². The SMILES string of the molecule is Cl.NC1(CNS(=O)(=O)c2cccc3cnccc23)CCCCCC1. The highest BCUT2D eigenvalue weighted by Gasteiger charge is 2.28. The minimum absolute atomic E-state index is 0. The van der Waals surface area contributed by atoms with Gasteiger partial charge in [-0.2, -0.15) is 0 Å². The number of aromatic nitrogens is 1. The van der Waals surface area contributed by atoms with Gasteiger partial charge in [0, 0.05) is 35.2 Å². The van der Waals surface area contributed by atoms with Gasteiger partial charge in [0.25, 0.3) is 0 Å². The number of nitrogens with zero attached hydrogens (tertiary/aromatic N) is 1. The van der Waals surface area contributed by atoms with Gasteiger partial charge in [-0.05, 0) is 25.0 Å². The van der Waals surface area contributed by atoms with Gasteiger partial charge in [-0.3, -0.25) is 4.98 Å². The van der Waals surface area contributed by atoms with E-state index in [1.807, 2.05) is 6.07 Å². The van der Waals surface area contributed by atoms with Crippen molar-refractivity contribution >= 4 is 33.2 Å². The average molecular weight is 370 g/mol. The molecule has 0 bridgehead atoms. The minimum Gasteiger partial charge on any atom is -0.324 e. The van der Waals surface area contributed by atoms with E-state index in [0.717, 1.165) is 31.1 Å². The molecule has 0 aliphatic heterocycles. The number of fused-ring (bicyclic) bond motifs is 1. The van der Waals surface area contributed by atoms with Gasteiger partial charge < -0.3 is 5.73 Å². The fourth-order valence-electron chi connectivity index (χ4n) is 3.25. The molecule has 0 saturated heterocycles. The third kappa shape index (κ3) is 4.25. The van der Waals surface area contributed by atoms with Crippen LogP contribution in [0.2, 0.25) is 0 Å². The van der Waals surface area contributed by atoms with E-state index in [-0.39, 0.29) is 23.8 Å². The van der Waals surface area contributed by atoms with E-state index in [9.17, 15) is 8.42 Å². The van der Waals surface area contributed by atoms with Gasteiger partial charge >= 0.3 is 0 Å². The lowest BCUT2D eigenvalue weighted by Gasteiger charge is -2.28. The second kappa shape index (κ2) is 7.78. The van der Waals surface area contributed by atoms with Crippen molar-refractivity contribution in [3.8, 4) is 0 Å². The Kier molecular flexibility index (Phi) is 6.20. The van der Waals surface area contributed by atoms with Crippen LogP contribution in [-0.2, 0) is 10.0 Å². The molecule has 0 radical (unpaired) electrons. The van der Waals surface area contributed by atoms with Gasteiger partial charge in [-0.1, -0.05) is 37.8 Å². The summed E-state index contributed by atoms with van der Waals surface area (Å²) in [5, 5.41) is 1.49. The van der Waals surface area contributed by atoms with E-state index in [4.69, 9.17) is 5.73 Å². The maximum absolute atomic E-state index is 12.7. The Labute approximate surface area is 149 Å². The lowest BCUT2D eigenvalue weighted by Crippen LogP contribution is -2.49. The van der Waals surface area contributed by atoms with Crippen LogP contribution in [0.4, 0.5) is 0 Å². The molecule has 0 spiro atoms. The summed E-state index contributed by atoms with van der Waals surface area (Å²) in [6, 6.07) is 6.95. The number of nitrogens with two attached hydrogens (primary N) is 1. The summed E-state index contributed by atoms with van der Waals surface area (Å²) < 4.78 is 28.2. The zero-order valence-electron chi connectivity index (χ0n) is 13.6. The molecule has 132 valence electrons. The highest BCUT2D eigenvalue weighted by molar-refractivity contribution is 7.89. The molecule has 0 unspecified atom stereocenters. The van der Waals surface area contributed by atoms with E-state index < -0.39 is 15.6 Å². The number of hydrogen-bond acceptors (Lipinski definition) is 4. The Balaban J connectivity index is 0.00000208. The lowest BCUT2D eigenvalue weighted by molar-refractivity contribution is 0.369. The van der Waals surface area contributed by atoms with E-state index >= 15 is 0 Å². The number of halogens is 1. The fraction of sp³-hybridized carbons (Fsp3) is 0.471. The van der Waals surface area contributed by atoms with Crippen LogP contribution in [0.15, 0.2) is 41.6 Å². The van der Waals surface area contributed by atoms with Gasteiger partial charge in [0.2, 0.25) is 10.0 Å². The Bertz CT molecular complexity index is 782. The number of nitrogens with one attached hydrogen (secondary N) is 1. The van der Waals surface area contributed by atoms with Crippen LogP contribution >= 0.6 is 12.4 Å². The molecule has 24 heavy (non-hydrogen) atoms. The molecular weight excluding hydrogens is 346 g/mol. The monoisotopic (exact) mass is 369 g/mol. The first kappa shape index (κ1) is 19.1. The molecule has 3 rings (SSSR count). The molecule has 3 N–H and O–H groups in total. The summed E-state index contributed by atoms with van der Waals surface area (Å²) in [5.74, 6) is 0. The number of rotatable bonds is 4. The zero-order chi connectivity index (χ0) is 16.3. The summed E-state index contributed by atoms with van der Waals surface area (Å²) in [4.78, 5) is 4.33. The molecule has 0 atom stereocenters. The molecule has 1 aliphatic carbocycles. The Morgan fingerprint density at radius 2 is 1.83 bits per heavy atom. The summed E-state index contributed by atoms with van der Waals surface area (Å²) in [7, 11) is -3.59. The molecule has 1 saturated carbocycles. The molecule has 1 fully saturated rings. The number of pyridine rings is 1. The summed E-state index contributed by atoms with van der Waals surface area (Å²) >= 11 is 0. The highest BCUT2D eigenvalue weighted by Crippen LogP contribution is 2.26. The van der Waals surface area contributed by atoms with Gasteiger partial charge in [-0.25, -0.2) is 13.1 Å². The van der Waals surface area contributed by atoms with Gasteiger partial charge in [0.15, 0.2) is 0 Å². The van der Waals surface area contributed by atoms with Crippen LogP contribution in [0.5, 0.6) is 0 Å². The van der Waals surface area contributed by atoms with Crippen molar-refractivity contribution in [2.45, 2.75) is 49.0 Å². The van der Waals surface area contributed by atoms with Gasteiger partial charge in [-0.15, -0.1) is 12.4 Å². The zero-order valence-corrected chi connectivity index (χ0v) is 15.2. The molecule has 2 aromatic rings. The Morgan fingerprint density at radius 1 is 1.12 bits per heavy atom. The van der Waals surface area contributed by atoms with E-state index in [1.54, 1.807) is 30.6 Å². The largest absolute Gasteiger partial charge is 0.324 e. The minimum atomic E-state index is -3.59. The van der Waals surface area contributed by atoms with Crippen LogP contribution in [0, 0.1) is 0 Å². The predicted molar refractivity (Wildman–Crippen MR) is 98.8 cm³/mol. The first-order valence-corrected chi connectivity index (χ1v) is 9.60. The molecule has 1 aromatic carbocycles. The van der Waals surface area contributed by atoms with Crippen molar-refractivity contribution in [3.05, 3.63) is 36.7 Å². The van der Waals surface area contributed by atoms with Gasteiger partial charge in [0.05, 0.1) is 4.90 Å². The summed E-state index contributed by atoms with van der Waals surface area (Å²) in [5.41, 5.74) is 5.99. The van der Waals surface area contributed by atoms with E-state index in [2.05, 4.69) is 9.71 Å². The molecule has 1 aliphatic rings. The van der Waals surface area contributed by atoms with Crippen molar-refractivity contribution in [2.75, 3.05) is 6.54 Å². The van der Waals surface area contributed by atoms with Gasteiger partial charge in [0.1, 0.15) is 0 Å². The van der Waals surface area contributed by atoms with Crippen LogP contribution in [0.1, 0.15) is 38.5 Å². The smallest absolute Gasteiger partial charge is 0.241 e. The maximum Gasteiger partial charge on any atom is 0.241 e. The van der Waals surface area contributed by atoms with Crippen LogP contribution in [0.25, 0.3) is 10.8 Å². The standard InChI is InChI=1S/C17H23N3O2S.ClH/c18-17(9-3-1-2-4-10-17)13-20-23(21,22)16-7-5-6-14-12-19-11-8-15(14)16;/h5-8,11-12,20H,1-4,9-10,13,18H2;1H. The Hall–Kier alpha value is -1.21. The third-order valence-corrected chi connectivity index (χ3v) is 6.10. The van der Waals surface area contributed by atoms with Crippen molar-refractivity contribution < 1.29 is 8.42 Å². The topological polar surface area (TPSA) is 85.1 Å². The molecule has 5 nitrogen and oxygen atoms in total. The first-order valence-electron chi connectivity index (χ1n) is 8.12. The predicted octanol–water partition coefficient (Wildman–Crippen LogP) is 2.99. The first-order chi connectivity index (χ1) is 11.0. The van der Waals surface area contributed by atoms with Crippen LogP contribution < -0.4 is 10.5 Å². The summed E-state index contributed by atoms with van der Waals surface area (Å²) in [6.07, 6.45) is 9.52. The normalized spacial score (nSPS) is 17.9. The fourth-order valence-corrected chi connectivity index (χ4v) is 4.62. The molecular formula is C17H24ClN3O2S. The lowest BCUT2D eigenvalue weighted by atomic mass is 9.92. The molecule has 0 amide bonds. The number of hydrogen-bond donors (Lipinski definition) is 2. The Morgan fingerprint density at radius 3 is 2.54 bits per heavy atom. The van der Waals surface area contributed by atoms with E-state index in [1.165, 1.54) is 12.8 Å². The molecule has 1 heterocycles. The average Bonchev–Trinajstić information content (AvgIpc) is 2.78. The van der Waals surface area contributed by atoms with Crippen molar-refractivity contribution in [1.29, 1.82) is 0 Å². The molecule has 7 heteroatoms. The second-order valence-corrected chi connectivity index (χ2v) is 8.19. The second-order valence-electron chi connectivity index (χ2n) is 6.45. The van der Waals surface area contributed by atoms with E-state index in [0.29, 0.717) is 5.39 Å². The highest BCUT2D eigenvalue weighted by atomic mass is 35.5.